The predicted octanol–water partition coefficient (Wildman–Crippen LogP) is 2.07. The van der Waals surface area contributed by atoms with E-state index in [1.807, 2.05) is 27.0 Å². The topological polar surface area (TPSA) is 51.0 Å². The molecule has 0 spiro atoms. The van der Waals surface area contributed by atoms with Crippen molar-refractivity contribution in [2.75, 3.05) is 7.05 Å². The zero-order valence-corrected chi connectivity index (χ0v) is 9.74. The number of aromatic nitrogens is 2. The zero-order valence-electron chi connectivity index (χ0n) is 9.74. The summed E-state index contributed by atoms with van der Waals surface area (Å²) in [6.45, 7) is 4.80. The van der Waals surface area contributed by atoms with Gasteiger partial charge in [0, 0.05) is 23.5 Å². The van der Waals surface area contributed by atoms with E-state index < -0.39 is 0 Å². The smallest absolute Gasteiger partial charge is 0.162 e. The number of aryl methyl sites for hydroxylation is 2. The molecule has 4 heteroatoms. The first-order valence-corrected chi connectivity index (χ1v) is 5.23. The summed E-state index contributed by atoms with van der Waals surface area (Å²) >= 11 is 0. The van der Waals surface area contributed by atoms with Crippen molar-refractivity contribution < 1.29 is 4.42 Å². The highest BCUT2D eigenvalue weighted by atomic mass is 16.3. The first-order valence-electron chi connectivity index (χ1n) is 5.23. The van der Waals surface area contributed by atoms with Crippen molar-refractivity contribution in [3.05, 3.63) is 35.5 Å². The molecule has 0 aliphatic rings. The Morgan fingerprint density at radius 2 is 1.94 bits per heavy atom. The van der Waals surface area contributed by atoms with Crippen LogP contribution in [-0.4, -0.2) is 17.0 Å². The van der Waals surface area contributed by atoms with Crippen molar-refractivity contribution in [2.45, 2.75) is 20.4 Å². The molecule has 0 aliphatic carbocycles. The predicted molar refractivity (Wildman–Crippen MR) is 62.0 cm³/mol. The third kappa shape index (κ3) is 1.97. The van der Waals surface area contributed by atoms with E-state index in [0.29, 0.717) is 0 Å². The second kappa shape index (κ2) is 4.45. The number of rotatable bonds is 3. The molecule has 16 heavy (non-hydrogen) atoms. The van der Waals surface area contributed by atoms with Crippen LogP contribution < -0.4 is 5.32 Å². The molecule has 0 bridgehead atoms. The molecule has 0 atom stereocenters. The van der Waals surface area contributed by atoms with Crippen molar-refractivity contribution in [1.82, 2.24) is 15.3 Å². The summed E-state index contributed by atoms with van der Waals surface area (Å²) in [5, 5.41) is 3.12. The summed E-state index contributed by atoms with van der Waals surface area (Å²) in [4.78, 5) is 8.97. The fraction of sp³-hybridized carbons (Fsp3) is 0.333. The van der Waals surface area contributed by atoms with Gasteiger partial charge in [-0.15, -0.1) is 0 Å². The Morgan fingerprint density at radius 3 is 2.44 bits per heavy atom. The molecule has 0 unspecified atom stereocenters. The lowest BCUT2D eigenvalue weighted by Gasteiger charge is -2.09. The van der Waals surface area contributed by atoms with Gasteiger partial charge in [-0.2, -0.15) is 0 Å². The maximum atomic E-state index is 5.03. The summed E-state index contributed by atoms with van der Waals surface area (Å²) in [5.74, 6) is 0.726. The van der Waals surface area contributed by atoms with Crippen LogP contribution in [0.3, 0.4) is 0 Å². The van der Waals surface area contributed by atoms with Crippen LogP contribution in [0.15, 0.2) is 23.0 Å². The minimum Gasteiger partial charge on any atom is -0.472 e. The van der Waals surface area contributed by atoms with Gasteiger partial charge in [0.2, 0.25) is 0 Å². The monoisotopic (exact) mass is 217 g/mol. The average molecular weight is 217 g/mol. The quantitative estimate of drug-likeness (QED) is 0.855. The van der Waals surface area contributed by atoms with Crippen LogP contribution in [0, 0.1) is 13.8 Å². The molecule has 2 rings (SSSR count). The highest BCUT2D eigenvalue weighted by molar-refractivity contribution is 5.53. The van der Waals surface area contributed by atoms with Gasteiger partial charge >= 0.3 is 0 Å². The molecule has 0 saturated heterocycles. The lowest BCUT2D eigenvalue weighted by atomic mass is 10.1. The van der Waals surface area contributed by atoms with Gasteiger partial charge in [0.25, 0.3) is 0 Å². The number of furan rings is 1. The Balaban J connectivity index is 2.45. The average Bonchev–Trinajstić information content (AvgIpc) is 2.76. The SMILES string of the molecule is CNCc1c(C)nc(-c2ccoc2)nc1C. The Bertz CT molecular complexity index is 454. The molecule has 0 saturated carbocycles. The highest BCUT2D eigenvalue weighted by Gasteiger charge is 2.09. The largest absolute Gasteiger partial charge is 0.472 e. The van der Waals surface area contributed by atoms with Crippen molar-refractivity contribution in [1.29, 1.82) is 0 Å². The summed E-state index contributed by atoms with van der Waals surface area (Å²) in [5.41, 5.74) is 4.10. The normalized spacial score (nSPS) is 10.7. The van der Waals surface area contributed by atoms with E-state index in [0.717, 1.165) is 34.9 Å². The Kier molecular flexibility index (Phi) is 3.01. The summed E-state index contributed by atoms with van der Waals surface area (Å²) in [6.07, 6.45) is 3.29. The molecule has 84 valence electrons. The van der Waals surface area contributed by atoms with Crippen LogP contribution in [0.2, 0.25) is 0 Å². The van der Waals surface area contributed by atoms with Gasteiger partial charge in [0.1, 0.15) is 6.26 Å². The van der Waals surface area contributed by atoms with Gasteiger partial charge in [0.15, 0.2) is 5.82 Å². The summed E-state index contributed by atoms with van der Waals surface area (Å²) in [6, 6.07) is 1.87. The molecule has 0 radical (unpaired) electrons. The molecule has 0 aromatic carbocycles. The molecule has 4 nitrogen and oxygen atoms in total. The van der Waals surface area contributed by atoms with E-state index in [-0.39, 0.29) is 0 Å². The van der Waals surface area contributed by atoms with Crippen LogP contribution in [0.5, 0.6) is 0 Å². The van der Waals surface area contributed by atoms with E-state index in [4.69, 9.17) is 4.42 Å². The first-order chi connectivity index (χ1) is 7.72. The Labute approximate surface area is 94.7 Å². The number of nitrogens with zero attached hydrogens (tertiary/aromatic N) is 2. The number of hydrogen-bond acceptors (Lipinski definition) is 4. The lowest BCUT2D eigenvalue weighted by molar-refractivity contribution is 0.568. The molecule has 0 amide bonds. The fourth-order valence-electron chi connectivity index (χ4n) is 1.69. The van der Waals surface area contributed by atoms with Crippen LogP contribution >= 0.6 is 0 Å². The maximum Gasteiger partial charge on any atom is 0.162 e. The van der Waals surface area contributed by atoms with E-state index in [1.54, 1.807) is 12.5 Å². The maximum absolute atomic E-state index is 5.03. The minimum absolute atomic E-state index is 0.726. The first kappa shape index (κ1) is 10.8. The van der Waals surface area contributed by atoms with Crippen molar-refractivity contribution in [2.24, 2.45) is 0 Å². The number of hydrogen-bond donors (Lipinski definition) is 1. The molecule has 2 aromatic rings. The van der Waals surface area contributed by atoms with Crippen molar-refractivity contribution in [3.63, 3.8) is 0 Å². The zero-order chi connectivity index (χ0) is 11.5. The third-order valence-electron chi connectivity index (χ3n) is 2.55. The molecule has 2 aromatic heterocycles. The summed E-state index contributed by atoms with van der Waals surface area (Å²) in [7, 11) is 1.92. The second-order valence-corrected chi connectivity index (χ2v) is 3.74. The Hall–Kier alpha value is -1.68. The van der Waals surface area contributed by atoms with Crippen LogP contribution in [0.1, 0.15) is 17.0 Å². The number of nitrogens with one attached hydrogen (secondary N) is 1. The molecule has 0 fully saturated rings. The van der Waals surface area contributed by atoms with E-state index in [2.05, 4.69) is 15.3 Å². The Morgan fingerprint density at radius 1 is 1.25 bits per heavy atom. The van der Waals surface area contributed by atoms with E-state index in [9.17, 15) is 0 Å². The van der Waals surface area contributed by atoms with Crippen LogP contribution in [0.25, 0.3) is 11.4 Å². The van der Waals surface area contributed by atoms with Crippen LogP contribution in [0.4, 0.5) is 0 Å². The standard InChI is InChI=1S/C12H15N3O/c1-8-11(6-13-3)9(2)15-12(14-8)10-4-5-16-7-10/h4-5,7,13H,6H2,1-3H3. The third-order valence-corrected chi connectivity index (χ3v) is 2.55. The molecule has 0 aliphatic heterocycles. The van der Waals surface area contributed by atoms with Crippen LogP contribution in [-0.2, 0) is 6.54 Å². The van der Waals surface area contributed by atoms with E-state index in [1.165, 1.54) is 0 Å². The van der Waals surface area contributed by atoms with Crippen molar-refractivity contribution >= 4 is 0 Å². The van der Waals surface area contributed by atoms with Gasteiger partial charge in [-0.05, 0) is 27.0 Å². The van der Waals surface area contributed by atoms with E-state index >= 15 is 0 Å². The van der Waals surface area contributed by atoms with Gasteiger partial charge in [-0.25, -0.2) is 9.97 Å². The van der Waals surface area contributed by atoms with Gasteiger partial charge in [0.05, 0.1) is 11.8 Å². The fourth-order valence-corrected chi connectivity index (χ4v) is 1.69. The molecular formula is C12H15N3O. The summed E-state index contributed by atoms with van der Waals surface area (Å²) < 4.78 is 5.03. The minimum atomic E-state index is 0.726. The molecule has 2 heterocycles. The highest BCUT2D eigenvalue weighted by Crippen LogP contribution is 2.18. The van der Waals surface area contributed by atoms with Gasteiger partial charge in [-0.3, -0.25) is 0 Å². The molecular weight excluding hydrogens is 202 g/mol. The van der Waals surface area contributed by atoms with Gasteiger partial charge in [-0.1, -0.05) is 0 Å². The second-order valence-electron chi connectivity index (χ2n) is 3.74. The lowest BCUT2D eigenvalue weighted by Crippen LogP contribution is -2.11. The van der Waals surface area contributed by atoms with Gasteiger partial charge < -0.3 is 9.73 Å². The molecule has 1 N–H and O–H groups in total. The van der Waals surface area contributed by atoms with Crippen molar-refractivity contribution in [3.8, 4) is 11.4 Å².